The maximum Gasteiger partial charge on any atom is 0.263 e. The number of anilines is 1. The average Bonchev–Trinajstić information content (AvgIpc) is 3.33. The van der Waals surface area contributed by atoms with Crippen molar-refractivity contribution in [1.82, 2.24) is 9.88 Å². The number of hydrogen-bond donors (Lipinski definition) is 1. The molecule has 2 amide bonds. The van der Waals surface area contributed by atoms with Crippen LogP contribution in [-0.4, -0.2) is 34.8 Å². The fourth-order valence-electron chi connectivity index (χ4n) is 3.39. The number of hydrogen-bond acceptors (Lipinski definition) is 4. The van der Waals surface area contributed by atoms with E-state index in [1.165, 1.54) is 11.3 Å². The maximum atomic E-state index is 12.7. The zero-order valence-corrected chi connectivity index (χ0v) is 17.2. The Kier molecular flexibility index (Phi) is 6.21. The molecule has 4 rings (SSSR count). The third-order valence-corrected chi connectivity index (χ3v) is 5.87. The average molecular weight is 416 g/mol. The molecule has 1 N–H and O–H groups in total. The zero-order valence-electron chi connectivity index (χ0n) is 16.4. The van der Waals surface area contributed by atoms with Gasteiger partial charge in [0.15, 0.2) is 0 Å². The number of amides is 2. The van der Waals surface area contributed by atoms with Crippen molar-refractivity contribution in [2.75, 3.05) is 18.4 Å². The summed E-state index contributed by atoms with van der Waals surface area (Å²) in [5.74, 6) is 6.06. The van der Waals surface area contributed by atoms with Gasteiger partial charge in [0.2, 0.25) is 5.91 Å². The Bertz CT molecular complexity index is 1080. The van der Waals surface area contributed by atoms with E-state index >= 15 is 0 Å². The minimum Gasteiger partial charge on any atom is -0.338 e. The van der Waals surface area contributed by atoms with E-state index in [0.717, 1.165) is 16.1 Å². The van der Waals surface area contributed by atoms with Gasteiger partial charge in [-0.05, 0) is 60.5 Å². The van der Waals surface area contributed by atoms with Gasteiger partial charge in [-0.25, -0.2) is 4.98 Å². The second-order valence-electron chi connectivity index (χ2n) is 7.08. The molecule has 3 heterocycles. The number of likely N-dealkylation sites (tertiary alicyclic amines) is 1. The van der Waals surface area contributed by atoms with Gasteiger partial charge in [0.25, 0.3) is 5.91 Å². The van der Waals surface area contributed by atoms with Gasteiger partial charge in [-0.15, -0.1) is 11.3 Å². The normalized spacial score (nSPS) is 13.9. The number of piperidine rings is 1. The molecule has 0 spiro atoms. The summed E-state index contributed by atoms with van der Waals surface area (Å²) in [4.78, 5) is 31.9. The Balaban J connectivity index is 1.33. The molecule has 5 nitrogen and oxygen atoms in total. The van der Waals surface area contributed by atoms with Gasteiger partial charge in [0, 0.05) is 36.5 Å². The predicted molar refractivity (Wildman–Crippen MR) is 118 cm³/mol. The van der Waals surface area contributed by atoms with Gasteiger partial charge >= 0.3 is 0 Å². The van der Waals surface area contributed by atoms with Gasteiger partial charge in [0.05, 0.1) is 4.88 Å². The number of carbonyl (C=O) groups excluding carboxylic acids is 2. The van der Waals surface area contributed by atoms with Crippen LogP contribution in [0.15, 0.2) is 66.2 Å². The molecule has 0 atom stereocenters. The standard InChI is InChI=1S/C24H21N3O2S/c28-23(19-11-14-27(15-12-19)24(29)22-8-4-16-30-22)26-21-7-3-5-18(17-21)9-10-20-6-1-2-13-25-20/h1-8,13,16-17,19H,11-12,14-15H2,(H,26,28). The van der Waals surface area contributed by atoms with E-state index in [2.05, 4.69) is 22.1 Å². The van der Waals surface area contributed by atoms with E-state index in [1.807, 2.05) is 64.9 Å². The molecule has 1 aliphatic heterocycles. The molecular formula is C24H21N3O2S. The largest absolute Gasteiger partial charge is 0.338 e. The number of rotatable bonds is 3. The number of nitrogens with one attached hydrogen (secondary N) is 1. The first-order chi connectivity index (χ1) is 14.7. The van der Waals surface area contributed by atoms with Crippen LogP contribution in [0.2, 0.25) is 0 Å². The fourth-order valence-corrected chi connectivity index (χ4v) is 4.08. The van der Waals surface area contributed by atoms with Crippen molar-refractivity contribution in [3.8, 4) is 11.8 Å². The lowest BCUT2D eigenvalue weighted by atomic mass is 9.95. The van der Waals surface area contributed by atoms with Crippen LogP contribution in [-0.2, 0) is 4.79 Å². The summed E-state index contributed by atoms with van der Waals surface area (Å²) in [5.41, 5.74) is 2.25. The molecule has 3 aromatic rings. The quantitative estimate of drug-likeness (QED) is 0.657. The highest BCUT2D eigenvalue weighted by molar-refractivity contribution is 7.12. The van der Waals surface area contributed by atoms with Crippen LogP contribution in [0, 0.1) is 17.8 Å². The molecular weight excluding hydrogens is 394 g/mol. The molecule has 1 aliphatic rings. The van der Waals surface area contributed by atoms with Crippen LogP contribution >= 0.6 is 11.3 Å². The Morgan fingerprint density at radius 3 is 2.63 bits per heavy atom. The van der Waals surface area contributed by atoms with Crippen molar-refractivity contribution >= 4 is 28.8 Å². The summed E-state index contributed by atoms with van der Waals surface area (Å²) in [7, 11) is 0. The van der Waals surface area contributed by atoms with Gasteiger partial charge < -0.3 is 10.2 Å². The molecule has 0 aliphatic carbocycles. The first-order valence-electron chi connectivity index (χ1n) is 9.86. The third-order valence-electron chi connectivity index (χ3n) is 5.01. The van der Waals surface area contributed by atoms with Gasteiger partial charge in [-0.1, -0.05) is 24.1 Å². The summed E-state index contributed by atoms with van der Waals surface area (Å²) < 4.78 is 0. The van der Waals surface area contributed by atoms with Crippen molar-refractivity contribution in [2.45, 2.75) is 12.8 Å². The number of aromatic nitrogens is 1. The monoisotopic (exact) mass is 415 g/mol. The predicted octanol–water partition coefficient (Wildman–Crippen LogP) is 4.03. The molecule has 150 valence electrons. The summed E-state index contributed by atoms with van der Waals surface area (Å²) in [5, 5.41) is 4.90. The van der Waals surface area contributed by atoms with Crippen molar-refractivity contribution in [2.24, 2.45) is 5.92 Å². The van der Waals surface area contributed by atoms with Crippen molar-refractivity contribution in [1.29, 1.82) is 0 Å². The minimum atomic E-state index is -0.0966. The van der Waals surface area contributed by atoms with Crippen molar-refractivity contribution in [3.05, 3.63) is 82.3 Å². The molecule has 6 heteroatoms. The Hall–Kier alpha value is -3.43. The summed E-state index contributed by atoms with van der Waals surface area (Å²) >= 11 is 1.45. The Labute approximate surface area is 179 Å². The first kappa shape index (κ1) is 19.9. The summed E-state index contributed by atoms with van der Waals surface area (Å²) in [6.07, 6.45) is 3.05. The molecule has 1 aromatic carbocycles. The van der Waals surface area contributed by atoms with E-state index < -0.39 is 0 Å². The van der Waals surface area contributed by atoms with Crippen LogP contribution in [0.1, 0.15) is 33.8 Å². The van der Waals surface area contributed by atoms with Crippen LogP contribution < -0.4 is 5.32 Å². The molecule has 0 saturated carbocycles. The number of pyridine rings is 1. The first-order valence-corrected chi connectivity index (χ1v) is 10.7. The van der Waals surface area contributed by atoms with E-state index in [1.54, 1.807) is 6.20 Å². The molecule has 0 radical (unpaired) electrons. The number of nitrogens with zero attached hydrogens (tertiary/aromatic N) is 2. The number of benzene rings is 1. The number of thiophene rings is 1. The van der Waals surface area contributed by atoms with E-state index in [-0.39, 0.29) is 17.7 Å². The second kappa shape index (κ2) is 9.38. The Morgan fingerprint density at radius 2 is 1.90 bits per heavy atom. The lowest BCUT2D eigenvalue weighted by molar-refractivity contribution is -0.121. The fraction of sp³-hybridized carbons (Fsp3) is 0.208. The molecule has 2 aromatic heterocycles. The van der Waals surface area contributed by atoms with E-state index in [0.29, 0.717) is 31.6 Å². The van der Waals surface area contributed by atoms with Crippen LogP contribution in [0.3, 0.4) is 0 Å². The van der Waals surface area contributed by atoms with Gasteiger partial charge in [-0.2, -0.15) is 0 Å². The highest BCUT2D eigenvalue weighted by Gasteiger charge is 2.28. The topological polar surface area (TPSA) is 62.3 Å². The third kappa shape index (κ3) is 4.94. The highest BCUT2D eigenvalue weighted by atomic mass is 32.1. The van der Waals surface area contributed by atoms with E-state index in [9.17, 15) is 9.59 Å². The molecule has 1 fully saturated rings. The maximum absolute atomic E-state index is 12.7. The van der Waals surface area contributed by atoms with Crippen LogP contribution in [0.25, 0.3) is 0 Å². The SMILES string of the molecule is O=C(Nc1cccc(C#Cc2ccccn2)c1)C1CCN(C(=O)c2cccs2)CC1. The lowest BCUT2D eigenvalue weighted by Crippen LogP contribution is -2.41. The summed E-state index contributed by atoms with van der Waals surface area (Å²) in [6, 6.07) is 16.8. The van der Waals surface area contributed by atoms with Gasteiger partial charge in [-0.3, -0.25) is 9.59 Å². The van der Waals surface area contributed by atoms with E-state index in [4.69, 9.17) is 0 Å². The van der Waals surface area contributed by atoms with Crippen LogP contribution in [0.5, 0.6) is 0 Å². The molecule has 30 heavy (non-hydrogen) atoms. The number of carbonyl (C=O) groups is 2. The lowest BCUT2D eigenvalue weighted by Gasteiger charge is -2.31. The smallest absolute Gasteiger partial charge is 0.263 e. The minimum absolute atomic E-state index is 0.00643. The molecule has 0 bridgehead atoms. The summed E-state index contributed by atoms with van der Waals surface area (Å²) in [6.45, 7) is 1.20. The van der Waals surface area contributed by atoms with Gasteiger partial charge in [0.1, 0.15) is 5.69 Å². The molecule has 1 saturated heterocycles. The van der Waals surface area contributed by atoms with Crippen molar-refractivity contribution in [3.63, 3.8) is 0 Å². The highest BCUT2D eigenvalue weighted by Crippen LogP contribution is 2.22. The van der Waals surface area contributed by atoms with Crippen LogP contribution in [0.4, 0.5) is 5.69 Å². The Morgan fingerprint density at radius 1 is 1.03 bits per heavy atom. The zero-order chi connectivity index (χ0) is 20.8. The second-order valence-corrected chi connectivity index (χ2v) is 8.03. The molecule has 0 unspecified atom stereocenters. The van der Waals surface area contributed by atoms with Crippen molar-refractivity contribution < 1.29 is 9.59 Å².